The number of ether oxygens (including phenoxy) is 1. The lowest BCUT2D eigenvalue weighted by Crippen LogP contribution is -2.24. The predicted molar refractivity (Wildman–Crippen MR) is 114 cm³/mol. The lowest BCUT2D eigenvalue weighted by atomic mass is 10.2. The van der Waals surface area contributed by atoms with Crippen molar-refractivity contribution in [1.82, 2.24) is 9.55 Å². The van der Waals surface area contributed by atoms with E-state index in [1.54, 1.807) is 37.4 Å². The van der Waals surface area contributed by atoms with E-state index in [4.69, 9.17) is 4.74 Å². The SMILES string of the molecule is Cc1ccc(NC(=O)COC(=O)CCc2nc3ccccc3c(=O)n2C)c(Br)c1. The molecule has 0 saturated heterocycles. The van der Waals surface area contributed by atoms with Crippen LogP contribution in [0.15, 0.2) is 51.7 Å². The molecular weight excluding hydrogens is 438 g/mol. The maximum atomic E-state index is 12.4. The van der Waals surface area contributed by atoms with Gasteiger partial charge in [-0.15, -0.1) is 0 Å². The molecule has 1 amide bonds. The average molecular weight is 458 g/mol. The third-order valence-corrected chi connectivity index (χ3v) is 5.05. The van der Waals surface area contributed by atoms with Gasteiger partial charge in [-0.2, -0.15) is 0 Å². The van der Waals surface area contributed by atoms with Gasteiger partial charge in [-0.1, -0.05) is 18.2 Å². The van der Waals surface area contributed by atoms with E-state index in [-0.39, 0.29) is 25.0 Å². The zero-order valence-corrected chi connectivity index (χ0v) is 17.7. The predicted octanol–water partition coefficient (Wildman–Crippen LogP) is 3.12. The van der Waals surface area contributed by atoms with Crippen molar-refractivity contribution < 1.29 is 14.3 Å². The van der Waals surface area contributed by atoms with Crippen LogP contribution < -0.4 is 10.9 Å². The van der Waals surface area contributed by atoms with Gasteiger partial charge >= 0.3 is 5.97 Å². The Kier molecular flexibility index (Phi) is 6.43. The monoisotopic (exact) mass is 457 g/mol. The first-order valence-corrected chi connectivity index (χ1v) is 9.80. The van der Waals surface area contributed by atoms with Crippen LogP contribution in [0.4, 0.5) is 5.69 Å². The number of halogens is 1. The fraction of sp³-hybridized carbons (Fsp3) is 0.238. The summed E-state index contributed by atoms with van der Waals surface area (Å²) in [6.07, 6.45) is 0.251. The van der Waals surface area contributed by atoms with Gasteiger partial charge in [0.15, 0.2) is 6.61 Å². The van der Waals surface area contributed by atoms with Gasteiger partial charge in [0.25, 0.3) is 11.5 Å². The molecule has 0 aliphatic heterocycles. The fourth-order valence-corrected chi connectivity index (χ4v) is 3.42. The van der Waals surface area contributed by atoms with Crippen molar-refractivity contribution in [3.05, 3.63) is 68.7 Å². The number of carbonyl (C=O) groups excluding carboxylic acids is 2. The number of para-hydroxylation sites is 1. The van der Waals surface area contributed by atoms with Crippen LogP contribution in [0, 0.1) is 6.92 Å². The molecule has 0 fully saturated rings. The summed E-state index contributed by atoms with van der Waals surface area (Å²) in [7, 11) is 1.62. The lowest BCUT2D eigenvalue weighted by Gasteiger charge is -2.10. The molecule has 0 bridgehead atoms. The number of benzene rings is 2. The Balaban J connectivity index is 1.55. The number of rotatable bonds is 6. The Morgan fingerprint density at radius 1 is 1.21 bits per heavy atom. The minimum Gasteiger partial charge on any atom is -0.456 e. The highest BCUT2D eigenvalue weighted by atomic mass is 79.9. The number of amides is 1. The highest BCUT2D eigenvalue weighted by Gasteiger charge is 2.13. The second-order valence-corrected chi connectivity index (χ2v) is 7.46. The van der Waals surface area contributed by atoms with Gasteiger partial charge in [-0.3, -0.25) is 19.0 Å². The van der Waals surface area contributed by atoms with E-state index in [9.17, 15) is 14.4 Å². The van der Waals surface area contributed by atoms with Crippen LogP contribution >= 0.6 is 15.9 Å². The third-order valence-electron chi connectivity index (χ3n) is 4.39. The summed E-state index contributed by atoms with van der Waals surface area (Å²) >= 11 is 3.38. The Morgan fingerprint density at radius 2 is 1.97 bits per heavy atom. The molecule has 0 spiro atoms. The van der Waals surface area contributed by atoms with Gasteiger partial charge in [0.1, 0.15) is 5.82 Å². The summed E-state index contributed by atoms with van der Waals surface area (Å²) in [5.41, 5.74) is 2.08. The maximum Gasteiger partial charge on any atom is 0.306 e. The van der Waals surface area contributed by atoms with Gasteiger partial charge in [0.2, 0.25) is 0 Å². The maximum absolute atomic E-state index is 12.4. The third kappa shape index (κ3) is 5.08. The molecule has 2 aromatic carbocycles. The highest BCUT2D eigenvalue weighted by Crippen LogP contribution is 2.23. The number of fused-ring (bicyclic) bond motifs is 1. The normalized spacial score (nSPS) is 10.7. The molecule has 29 heavy (non-hydrogen) atoms. The molecule has 7 nitrogen and oxygen atoms in total. The van der Waals surface area contributed by atoms with Crippen molar-refractivity contribution in [2.24, 2.45) is 7.05 Å². The molecule has 150 valence electrons. The van der Waals surface area contributed by atoms with Crippen molar-refractivity contribution in [3.8, 4) is 0 Å². The van der Waals surface area contributed by atoms with Gasteiger partial charge in [0, 0.05) is 17.9 Å². The summed E-state index contributed by atoms with van der Waals surface area (Å²) in [6.45, 7) is 1.56. The zero-order chi connectivity index (χ0) is 21.0. The van der Waals surface area contributed by atoms with E-state index in [0.29, 0.717) is 22.4 Å². The number of aryl methyl sites for hydroxylation is 2. The first-order valence-electron chi connectivity index (χ1n) is 9.01. The van der Waals surface area contributed by atoms with Crippen molar-refractivity contribution in [2.45, 2.75) is 19.8 Å². The molecule has 1 aromatic heterocycles. The number of aromatic nitrogens is 2. The van der Waals surface area contributed by atoms with E-state index in [1.165, 1.54) is 4.57 Å². The summed E-state index contributed by atoms with van der Waals surface area (Å²) < 4.78 is 7.22. The van der Waals surface area contributed by atoms with E-state index in [2.05, 4.69) is 26.2 Å². The number of esters is 1. The average Bonchev–Trinajstić information content (AvgIpc) is 2.70. The van der Waals surface area contributed by atoms with Crippen molar-refractivity contribution in [1.29, 1.82) is 0 Å². The zero-order valence-electron chi connectivity index (χ0n) is 16.1. The van der Waals surface area contributed by atoms with Gasteiger partial charge < -0.3 is 10.1 Å². The minimum absolute atomic E-state index is 0.0140. The Hall–Kier alpha value is -3.00. The number of nitrogens with one attached hydrogen (secondary N) is 1. The molecular formula is C21H20BrN3O4. The van der Waals surface area contributed by atoms with Crippen LogP contribution in [0.25, 0.3) is 10.9 Å². The quantitative estimate of drug-likeness (QED) is 0.574. The van der Waals surface area contributed by atoms with Gasteiger partial charge in [-0.25, -0.2) is 4.98 Å². The summed E-state index contributed by atoms with van der Waals surface area (Å²) in [6, 6.07) is 12.6. The molecule has 0 aliphatic rings. The van der Waals surface area contributed by atoms with E-state index < -0.39 is 11.9 Å². The molecule has 1 heterocycles. The second kappa shape index (κ2) is 9.00. The number of anilines is 1. The Morgan fingerprint density at radius 3 is 2.72 bits per heavy atom. The van der Waals surface area contributed by atoms with Crippen LogP contribution in [0.2, 0.25) is 0 Å². The lowest BCUT2D eigenvalue weighted by molar-refractivity contribution is -0.147. The van der Waals surface area contributed by atoms with Gasteiger partial charge in [-0.05, 0) is 52.7 Å². The topological polar surface area (TPSA) is 90.3 Å². The number of hydrogen-bond donors (Lipinski definition) is 1. The van der Waals surface area contributed by atoms with E-state index in [0.717, 1.165) is 10.0 Å². The van der Waals surface area contributed by atoms with Crippen LogP contribution in [-0.4, -0.2) is 28.0 Å². The molecule has 1 N–H and O–H groups in total. The molecule has 3 aromatic rings. The van der Waals surface area contributed by atoms with Crippen molar-refractivity contribution in [2.75, 3.05) is 11.9 Å². The molecule has 0 radical (unpaired) electrons. The Labute approximate surface area is 175 Å². The number of hydrogen-bond acceptors (Lipinski definition) is 5. The standard InChI is InChI=1S/C21H20BrN3O4/c1-13-7-8-17(15(22)11-13)24-19(26)12-29-20(27)10-9-18-23-16-6-4-3-5-14(16)21(28)25(18)2/h3-8,11H,9-10,12H2,1-2H3,(H,24,26). The number of carbonyl (C=O) groups is 2. The summed E-state index contributed by atoms with van der Waals surface area (Å²) in [4.78, 5) is 40.9. The minimum atomic E-state index is -0.537. The van der Waals surface area contributed by atoms with Crippen molar-refractivity contribution >= 4 is 44.4 Å². The van der Waals surface area contributed by atoms with E-state index >= 15 is 0 Å². The van der Waals surface area contributed by atoms with E-state index in [1.807, 2.05) is 19.1 Å². The first-order chi connectivity index (χ1) is 13.8. The highest BCUT2D eigenvalue weighted by molar-refractivity contribution is 9.10. The molecule has 0 unspecified atom stereocenters. The van der Waals surface area contributed by atoms with Crippen LogP contribution in [0.3, 0.4) is 0 Å². The summed E-state index contributed by atoms with van der Waals surface area (Å²) in [5.74, 6) is -0.483. The molecule has 8 heteroatoms. The smallest absolute Gasteiger partial charge is 0.306 e. The second-order valence-electron chi connectivity index (χ2n) is 6.60. The molecule has 0 aliphatic carbocycles. The number of nitrogens with zero attached hydrogens (tertiary/aromatic N) is 2. The van der Waals surface area contributed by atoms with Crippen LogP contribution in [0.1, 0.15) is 17.8 Å². The Bertz CT molecular complexity index is 1140. The molecule has 0 saturated carbocycles. The van der Waals surface area contributed by atoms with Crippen LogP contribution in [-0.2, 0) is 27.8 Å². The summed E-state index contributed by atoms with van der Waals surface area (Å²) in [5, 5.41) is 3.21. The fourth-order valence-electron chi connectivity index (χ4n) is 2.83. The molecule has 0 atom stereocenters. The largest absolute Gasteiger partial charge is 0.456 e. The van der Waals surface area contributed by atoms with Gasteiger partial charge in [0.05, 0.1) is 23.0 Å². The first kappa shape index (κ1) is 20.7. The van der Waals surface area contributed by atoms with Crippen molar-refractivity contribution in [3.63, 3.8) is 0 Å². The molecule has 3 rings (SSSR count). The van der Waals surface area contributed by atoms with Crippen LogP contribution in [0.5, 0.6) is 0 Å².